The Morgan fingerprint density at radius 1 is 1.38 bits per heavy atom. The number of ether oxygens (including phenoxy) is 1. The maximum atomic E-state index is 12.4. The first-order chi connectivity index (χ1) is 12.1. The van der Waals surface area contributed by atoms with E-state index >= 15 is 0 Å². The number of aromatic nitrogens is 2. The summed E-state index contributed by atoms with van der Waals surface area (Å²) in [7, 11) is 0. The van der Waals surface area contributed by atoms with Crippen molar-refractivity contribution in [2.45, 2.75) is 52.8 Å². The molecule has 6 nitrogen and oxygen atoms in total. The van der Waals surface area contributed by atoms with Crippen molar-refractivity contribution in [3.05, 3.63) is 33.2 Å². The van der Waals surface area contributed by atoms with Crippen LogP contribution in [0, 0.1) is 10.5 Å². The molecule has 1 aliphatic heterocycles. The molecule has 0 radical (unpaired) electrons. The molecule has 0 saturated carbocycles. The summed E-state index contributed by atoms with van der Waals surface area (Å²) in [5.41, 5.74) is 3.03. The number of carbonyl (C=O) groups excluding carboxylic acids is 1. The Bertz CT molecular complexity index is 812. The minimum atomic E-state index is -0.454. The van der Waals surface area contributed by atoms with E-state index in [4.69, 9.17) is 4.74 Å². The van der Waals surface area contributed by atoms with Crippen LogP contribution >= 0.6 is 22.6 Å². The Morgan fingerprint density at radius 3 is 2.77 bits per heavy atom. The Balaban J connectivity index is 1.64. The van der Waals surface area contributed by atoms with Gasteiger partial charge in [0.1, 0.15) is 5.60 Å². The smallest absolute Gasteiger partial charge is 0.410 e. The molecule has 2 aromatic rings. The summed E-state index contributed by atoms with van der Waals surface area (Å²) in [5, 5.41) is 4.51. The average molecular weight is 470 g/mol. The van der Waals surface area contributed by atoms with Gasteiger partial charge < -0.3 is 9.64 Å². The van der Waals surface area contributed by atoms with Gasteiger partial charge in [0.2, 0.25) is 0 Å². The lowest BCUT2D eigenvalue weighted by atomic mass is 10.1. The van der Waals surface area contributed by atoms with Gasteiger partial charge in [-0.3, -0.25) is 4.90 Å². The maximum Gasteiger partial charge on any atom is 0.410 e. The molecule has 1 amide bonds. The highest BCUT2D eigenvalue weighted by molar-refractivity contribution is 14.1. The second-order valence-corrected chi connectivity index (χ2v) is 9.10. The fourth-order valence-electron chi connectivity index (χ4n) is 3.30. The fraction of sp³-hybridized carbons (Fsp3) is 0.579. The van der Waals surface area contributed by atoms with E-state index in [1.807, 2.05) is 43.3 Å². The molecule has 0 unspecified atom stereocenters. The highest BCUT2D eigenvalue weighted by atomic mass is 127. The minimum absolute atomic E-state index is 0.139. The summed E-state index contributed by atoms with van der Waals surface area (Å²) >= 11 is 2.35. The van der Waals surface area contributed by atoms with Crippen LogP contribution in [0.3, 0.4) is 0 Å². The van der Waals surface area contributed by atoms with Crippen LogP contribution in [0.25, 0.3) is 5.52 Å². The molecule has 1 saturated heterocycles. The Kier molecular flexibility index (Phi) is 5.48. The quantitative estimate of drug-likeness (QED) is 0.629. The van der Waals surface area contributed by atoms with Crippen LogP contribution in [-0.2, 0) is 11.3 Å². The molecule has 3 heterocycles. The molecule has 0 N–H and O–H groups in total. The molecule has 2 aromatic heterocycles. The van der Waals surface area contributed by atoms with Gasteiger partial charge in [-0.1, -0.05) is 0 Å². The number of rotatable bonds is 2. The molecule has 0 bridgehead atoms. The largest absolute Gasteiger partial charge is 0.444 e. The van der Waals surface area contributed by atoms with E-state index < -0.39 is 5.60 Å². The Labute approximate surface area is 168 Å². The Morgan fingerprint density at radius 2 is 2.12 bits per heavy atom. The SMILES string of the molecule is Cc1nn2ccc(CN3CCN(C(=O)OC(C)(C)C)[C@@H](C)C3)cc2c1I. The average Bonchev–Trinajstić information content (AvgIpc) is 2.80. The molecule has 26 heavy (non-hydrogen) atoms. The van der Waals surface area contributed by atoms with E-state index in [0.29, 0.717) is 6.54 Å². The first-order valence-electron chi connectivity index (χ1n) is 8.99. The second-order valence-electron chi connectivity index (χ2n) is 8.02. The lowest BCUT2D eigenvalue weighted by Gasteiger charge is -2.40. The van der Waals surface area contributed by atoms with E-state index in [2.05, 4.69) is 51.6 Å². The molecule has 0 aromatic carbocycles. The zero-order chi connectivity index (χ0) is 19.1. The van der Waals surface area contributed by atoms with Gasteiger partial charge in [-0.15, -0.1) is 0 Å². The fourth-order valence-corrected chi connectivity index (χ4v) is 3.81. The van der Waals surface area contributed by atoms with Gasteiger partial charge in [0, 0.05) is 38.4 Å². The molecule has 0 spiro atoms. The standard InChI is InChI=1S/C19H27IN4O2/c1-13-11-22(8-9-23(13)18(25)26-19(3,4)5)12-15-6-7-24-16(10-15)17(20)14(2)21-24/h6-7,10,13H,8-9,11-12H2,1-5H3/t13-/m0/s1. The topological polar surface area (TPSA) is 50.1 Å². The van der Waals surface area contributed by atoms with Crippen LogP contribution in [0.15, 0.2) is 18.3 Å². The summed E-state index contributed by atoms with van der Waals surface area (Å²) in [6.45, 7) is 13.1. The van der Waals surface area contributed by atoms with E-state index in [1.165, 1.54) is 9.13 Å². The van der Waals surface area contributed by atoms with Gasteiger partial charge in [-0.2, -0.15) is 5.10 Å². The van der Waals surface area contributed by atoms with Crippen LogP contribution in [0.1, 0.15) is 39.0 Å². The number of carbonyl (C=O) groups is 1. The molecule has 1 aliphatic rings. The van der Waals surface area contributed by atoms with Crippen LogP contribution < -0.4 is 0 Å². The summed E-state index contributed by atoms with van der Waals surface area (Å²) < 4.78 is 8.66. The van der Waals surface area contributed by atoms with Crippen LogP contribution in [0.2, 0.25) is 0 Å². The number of halogens is 1. The van der Waals surface area contributed by atoms with Crippen molar-refractivity contribution in [3.8, 4) is 0 Å². The second kappa shape index (κ2) is 7.34. The minimum Gasteiger partial charge on any atom is -0.444 e. The van der Waals surface area contributed by atoms with Crippen molar-refractivity contribution in [2.75, 3.05) is 19.6 Å². The third-order valence-corrected chi connectivity index (χ3v) is 5.88. The highest BCUT2D eigenvalue weighted by Gasteiger charge is 2.30. The zero-order valence-electron chi connectivity index (χ0n) is 16.1. The molecule has 1 fully saturated rings. The third kappa shape index (κ3) is 4.31. The normalized spacial score (nSPS) is 19.2. The lowest BCUT2D eigenvalue weighted by molar-refractivity contribution is 0.000564. The van der Waals surface area contributed by atoms with Crippen molar-refractivity contribution in [1.29, 1.82) is 0 Å². The summed E-state index contributed by atoms with van der Waals surface area (Å²) in [4.78, 5) is 16.6. The predicted molar refractivity (Wildman–Crippen MR) is 110 cm³/mol. The number of amides is 1. The maximum absolute atomic E-state index is 12.4. The third-order valence-electron chi connectivity index (χ3n) is 4.54. The first-order valence-corrected chi connectivity index (χ1v) is 10.1. The number of nitrogens with zero attached hydrogens (tertiary/aromatic N) is 4. The van der Waals surface area contributed by atoms with Crippen LogP contribution in [-0.4, -0.2) is 56.8 Å². The molecule has 0 aliphatic carbocycles. The number of hydrogen-bond donors (Lipinski definition) is 0. The van der Waals surface area contributed by atoms with Gasteiger partial charge in [0.15, 0.2) is 0 Å². The molecule has 142 valence electrons. The van der Waals surface area contributed by atoms with E-state index in [0.717, 1.165) is 30.8 Å². The summed E-state index contributed by atoms with van der Waals surface area (Å²) in [5.74, 6) is 0. The number of pyridine rings is 1. The van der Waals surface area contributed by atoms with Crippen molar-refractivity contribution in [2.24, 2.45) is 0 Å². The number of hydrogen-bond acceptors (Lipinski definition) is 4. The molecule has 7 heteroatoms. The number of fused-ring (bicyclic) bond motifs is 1. The van der Waals surface area contributed by atoms with Crippen molar-refractivity contribution in [1.82, 2.24) is 19.4 Å². The van der Waals surface area contributed by atoms with Crippen LogP contribution in [0.5, 0.6) is 0 Å². The molecule has 3 rings (SSSR count). The number of aryl methyl sites for hydroxylation is 1. The van der Waals surface area contributed by atoms with E-state index in [-0.39, 0.29) is 12.1 Å². The van der Waals surface area contributed by atoms with Crippen LogP contribution in [0.4, 0.5) is 4.79 Å². The first kappa shape index (κ1) is 19.4. The predicted octanol–water partition coefficient (Wildman–Crippen LogP) is 3.69. The number of piperazine rings is 1. The van der Waals surface area contributed by atoms with Crippen molar-refractivity contribution in [3.63, 3.8) is 0 Å². The summed E-state index contributed by atoms with van der Waals surface area (Å²) in [6, 6.07) is 4.48. The monoisotopic (exact) mass is 470 g/mol. The van der Waals surface area contributed by atoms with E-state index in [1.54, 1.807) is 0 Å². The van der Waals surface area contributed by atoms with E-state index in [9.17, 15) is 4.79 Å². The van der Waals surface area contributed by atoms with Crippen molar-refractivity contribution >= 4 is 34.2 Å². The van der Waals surface area contributed by atoms with Gasteiger partial charge in [0.05, 0.1) is 14.8 Å². The molecular formula is C19H27IN4O2. The zero-order valence-corrected chi connectivity index (χ0v) is 18.3. The van der Waals surface area contributed by atoms with Gasteiger partial charge in [0.25, 0.3) is 0 Å². The van der Waals surface area contributed by atoms with Gasteiger partial charge in [-0.05, 0) is 74.9 Å². The van der Waals surface area contributed by atoms with Gasteiger partial charge >= 0.3 is 6.09 Å². The lowest BCUT2D eigenvalue weighted by Crippen LogP contribution is -2.54. The molecule has 1 atom stereocenters. The Hall–Kier alpha value is -1.35. The van der Waals surface area contributed by atoms with Gasteiger partial charge in [-0.25, -0.2) is 9.31 Å². The molecular weight excluding hydrogens is 443 g/mol. The van der Waals surface area contributed by atoms with Crippen molar-refractivity contribution < 1.29 is 9.53 Å². The summed E-state index contributed by atoms with van der Waals surface area (Å²) in [6.07, 6.45) is 1.82. The highest BCUT2D eigenvalue weighted by Crippen LogP contribution is 2.21.